The van der Waals surface area contributed by atoms with Crippen LogP contribution in [0.3, 0.4) is 0 Å². The van der Waals surface area contributed by atoms with Gasteiger partial charge in [0.2, 0.25) is 0 Å². The minimum atomic E-state index is -0.371. The number of H-pyrrole nitrogens is 1. The maximum atomic E-state index is 12.1. The Balaban J connectivity index is 2.20. The number of aromatic nitrogens is 2. The molecule has 1 aromatic heterocycles. The van der Waals surface area contributed by atoms with Crippen molar-refractivity contribution in [2.75, 3.05) is 13.7 Å². The molecule has 0 saturated carbocycles. The predicted octanol–water partition coefficient (Wildman–Crippen LogP) is 3.57. The molecule has 1 N–H and O–H groups in total. The lowest BCUT2D eigenvalue weighted by molar-refractivity contribution is -0.137. The average Bonchev–Trinajstić information content (AvgIpc) is 3.10. The van der Waals surface area contributed by atoms with Gasteiger partial charge in [-0.3, -0.25) is 5.10 Å². The van der Waals surface area contributed by atoms with Gasteiger partial charge in [-0.25, -0.2) is 4.79 Å². The summed E-state index contributed by atoms with van der Waals surface area (Å²) in [5.74, 6) is 0.332. The zero-order valence-corrected chi connectivity index (χ0v) is 13.6. The number of methoxy groups -OCH3 is 1. The van der Waals surface area contributed by atoms with Crippen molar-refractivity contribution in [1.82, 2.24) is 10.2 Å². The molecule has 0 aliphatic heterocycles. The first kappa shape index (κ1) is 15.8. The minimum Gasteiger partial charge on any atom is -0.494 e. The number of fused-ring (bicyclic) bond motifs is 1. The summed E-state index contributed by atoms with van der Waals surface area (Å²) in [6.45, 7) is 2.12. The van der Waals surface area contributed by atoms with Crippen LogP contribution in [0.15, 0.2) is 54.7 Å². The van der Waals surface area contributed by atoms with Crippen LogP contribution in [-0.2, 0) is 9.53 Å². The third-order valence-corrected chi connectivity index (χ3v) is 3.72. The van der Waals surface area contributed by atoms with Crippen LogP contribution >= 0.6 is 0 Å². The summed E-state index contributed by atoms with van der Waals surface area (Å²) in [5, 5.41) is 7.94. The molecule has 3 aromatic rings. The standard InChI is InChI=1S/C19H18N2O3/c1-3-24-18(22)11-15(13-7-5-4-6-8-13)14-9-10-17(23-2)19-16(14)12-20-21-19/h4-12H,3H2,1-2H3,(H,20,21). The largest absolute Gasteiger partial charge is 0.494 e. The number of ether oxygens (including phenoxy) is 2. The maximum Gasteiger partial charge on any atom is 0.331 e. The molecule has 0 unspecified atom stereocenters. The smallest absolute Gasteiger partial charge is 0.331 e. The van der Waals surface area contributed by atoms with Gasteiger partial charge in [0.05, 0.1) is 19.9 Å². The average molecular weight is 322 g/mol. The van der Waals surface area contributed by atoms with Crippen LogP contribution in [0.2, 0.25) is 0 Å². The molecule has 0 atom stereocenters. The van der Waals surface area contributed by atoms with Gasteiger partial charge >= 0.3 is 5.97 Å². The number of nitrogens with one attached hydrogen (secondary N) is 1. The van der Waals surface area contributed by atoms with Crippen LogP contribution in [-0.4, -0.2) is 29.9 Å². The fourth-order valence-corrected chi connectivity index (χ4v) is 2.65. The van der Waals surface area contributed by atoms with E-state index in [9.17, 15) is 4.79 Å². The van der Waals surface area contributed by atoms with Gasteiger partial charge in [0.1, 0.15) is 11.3 Å². The molecule has 5 heteroatoms. The molecular formula is C19H18N2O3. The van der Waals surface area contributed by atoms with E-state index in [2.05, 4.69) is 10.2 Å². The van der Waals surface area contributed by atoms with Crippen molar-refractivity contribution < 1.29 is 14.3 Å². The van der Waals surface area contributed by atoms with E-state index in [0.717, 1.165) is 27.6 Å². The first-order valence-electron chi connectivity index (χ1n) is 7.69. The van der Waals surface area contributed by atoms with Crippen molar-refractivity contribution in [3.8, 4) is 5.75 Å². The Morgan fingerprint density at radius 3 is 2.71 bits per heavy atom. The number of benzene rings is 2. The number of esters is 1. The first-order chi connectivity index (χ1) is 11.7. The second-order valence-corrected chi connectivity index (χ2v) is 5.15. The van der Waals surface area contributed by atoms with Crippen molar-refractivity contribution >= 4 is 22.4 Å². The third-order valence-electron chi connectivity index (χ3n) is 3.72. The number of carbonyl (C=O) groups excluding carboxylic acids is 1. The highest BCUT2D eigenvalue weighted by Crippen LogP contribution is 2.33. The van der Waals surface area contributed by atoms with Gasteiger partial charge in [0.25, 0.3) is 0 Å². The molecule has 24 heavy (non-hydrogen) atoms. The van der Waals surface area contributed by atoms with E-state index in [-0.39, 0.29) is 5.97 Å². The zero-order chi connectivity index (χ0) is 16.9. The molecule has 0 aliphatic rings. The van der Waals surface area contributed by atoms with Gasteiger partial charge in [-0.1, -0.05) is 30.3 Å². The summed E-state index contributed by atoms with van der Waals surface area (Å²) in [6, 6.07) is 13.5. The SMILES string of the molecule is CCOC(=O)C=C(c1ccccc1)c1ccc(OC)c2[nH]ncc12. The second kappa shape index (κ2) is 7.00. The van der Waals surface area contributed by atoms with E-state index in [0.29, 0.717) is 12.4 Å². The minimum absolute atomic E-state index is 0.334. The molecule has 0 bridgehead atoms. The highest BCUT2D eigenvalue weighted by Gasteiger charge is 2.15. The van der Waals surface area contributed by atoms with Crippen molar-refractivity contribution in [2.45, 2.75) is 6.92 Å². The number of aromatic amines is 1. The highest BCUT2D eigenvalue weighted by molar-refractivity contribution is 6.03. The molecule has 0 saturated heterocycles. The van der Waals surface area contributed by atoms with Gasteiger partial charge < -0.3 is 9.47 Å². The summed E-state index contributed by atoms with van der Waals surface area (Å²) in [6.07, 6.45) is 3.25. The van der Waals surface area contributed by atoms with Crippen molar-refractivity contribution in [1.29, 1.82) is 0 Å². The Bertz CT molecular complexity index is 882. The van der Waals surface area contributed by atoms with Gasteiger partial charge in [0, 0.05) is 11.5 Å². The molecule has 0 amide bonds. The summed E-state index contributed by atoms with van der Waals surface area (Å²) >= 11 is 0. The second-order valence-electron chi connectivity index (χ2n) is 5.15. The van der Waals surface area contributed by atoms with Crippen molar-refractivity contribution in [3.63, 3.8) is 0 Å². The van der Waals surface area contributed by atoms with Crippen molar-refractivity contribution in [2.24, 2.45) is 0 Å². The molecule has 0 aliphatic carbocycles. The molecule has 0 fully saturated rings. The normalized spacial score (nSPS) is 11.5. The molecular weight excluding hydrogens is 304 g/mol. The topological polar surface area (TPSA) is 64.2 Å². The summed E-state index contributed by atoms with van der Waals surface area (Å²) in [7, 11) is 1.61. The van der Waals surface area contributed by atoms with Crippen LogP contribution < -0.4 is 4.74 Å². The van der Waals surface area contributed by atoms with E-state index >= 15 is 0 Å². The lowest BCUT2D eigenvalue weighted by Crippen LogP contribution is -2.02. The Kier molecular flexibility index (Phi) is 4.61. The number of nitrogens with zero attached hydrogens (tertiary/aromatic N) is 1. The maximum absolute atomic E-state index is 12.1. The number of rotatable bonds is 5. The number of carbonyl (C=O) groups is 1. The zero-order valence-electron chi connectivity index (χ0n) is 13.6. The molecule has 1 heterocycles. The quantitative estimate of drug-likeness (QED) is 0.576. The fourth-order valence-electron chi connectivity index (χ4n) is 2.65. The van der Waals surface area contributed by atoms with Gasteiger partial charge in [-0.05, 0) is 35.8 Å². The van der Waals surface area contributed by atoms with E-state index in [1.165, 1.54) is 6.08 Å². The van der Waals surface area contributed by atoms with Gasteiger partial charge in [-0.2, -0.15) is 5.10 Å². The van der Waals surface area contributed by atoms with Crippen LogP contribution in [0.1, 0.15) is 18.1 Å². The Morgan fingerprint density at radius 1 is 1.21 bits per heavy atom. The van der Waals surface area contributed by atoms with Gasteiger partial charge in [0.15, 0.2) is 0 Å². The van der Waals surface area contributed by atoms with Crippen LogP contribution in [0.25, 0.3) is 16.5 Å². The van der Waals surface area contributed by atoms with Crippen LogP contribution in [0.4, 0.5) is 0 Å². The lowest BCUT2D eigenvalue weighted by Gasteiger charge is -2.11. The number of hydrogen-bond donors (Lipinski definition) is 1. The van der Waals surface area contributed by atoms with Crippen LogP contribution in [0.5, 0.6) is 5.75 Å². The highest BCUT2D eigenvalue weighted by atomic mass is 16.5. The fraction of sp³-hybridized carbons (Fsp3) is 0.158. The predicted molar refractivity (Wildman–Crippen MR) is 92.8 cm³/mol. The Labute approximate surface area is 139 Å². The van der Waals surface area contributed by atoms with Gasteiger partial charge in [-0.15, -0.1) is 0 Å². The Morgan fingerprint density at radius 2 is 2.00 bits per heavy atom. The van der Waals surface area contributed by atoms with Crippen LogP contribution in [0, 0.1) is 0 Å². The molecule has 5 nitrogen and oxygen atoms in total. The molecule has 0 radical (unpaired) electrons. The first-order valence-corrected chi connectivity index (χ1v) is 7.69. The van der Waals surface area contributed by atoms with E-state index in [4.69, 9.17) is 9.47 Å². The van der Waals surface area contributed by atoms with E-state index < -0.39 is 0 Å². The monoisotopic (exact) mass is 322 g/mol. The lowest BCUT2D eigenvalue weighted by atomic mass is 9.95. The van der Waals surface area contributed by atoms with E-state index in [1.54, 1.807) is 20.2 Å². The number of hydrogen-bond acceptors (Lipinski definition) is 4. The van der Waals surface area contributed by atoms with Crippen molar-refractivity contribution in [3.05, 3.63) is 65.9 Å². The molecule has 2 aromatic carbocycles. The summed E-state index contributed by atoms with van der Waals surface area (Å²) in [5.41, 5.74) is 3.39. The molecule has 122 valence electrons. The summed E-state index contributed by atoms with van der Waals surface area (Å²) < 4.78 is 10.5. The molecule has 0 spiro atoms. The molecule has 3 rings (SSSR count). The third kappa shape index (κ3) is 3.01. The Hall–Kier alpha value is -3.08. The van der Waals surface area contributed by atoms with E-state index in [1.807, 2.05) is 42.5 Å². The summed E-state index contributed by atoms with van der Waals surface area (Å²) in [4.78, 5) is 12.1.